The molecule has 9 nitrogen and oxygen atoms in total. The minimum absolute atomic E-state index is 0.0449. The zero-order valence-electron chi connectivity index (χ0n) is 25.2. The average molecular weight is 610 g/mol. The van der Waals surface area contributed by atoms with Crippen LogP contribution in [0.3, 0.4) is 0 Å². The number of hydrogen-bond acceptors (Lipinski definition) is 7. The van der Waals surface area contributed by atoms with Crippen molar-refractivity contribution in [1.82, 2.24) is 15.5 Å². The second kappa shape index (κ2) is 15.4. The van der Waals surface area contributed by atoms with Crippen LogP contribution in [0.1, 0.15) is 51.9 Å². The standard InChI is InChI=1S/C31H46F3N5O4/c1-20-7-9-22(10-8-20)27-6-4-5-24(43-27)18-36-21(2)17-26(38-30(35)31(32,33)34)29(40)39-14-11-23(12-15-39)37-25-13-16-42-19-28(25)41-3/h7-9,17,22-25,27-28,36-37H,2,4-6,10-16,18-19H2,1,3H3,(H2,35,38)/b26-17-/t22?,24-,25+,27+,28-/m1/s1. The maximum atomic E-state index is 13.4. The van der Waals surface area contributed by atoms with Crippen molar-refractivity contribution in [3.8, 4) is 0 Å². The lowest BCUT2D eigenvalue weighted by Gasteiger charge is -2.38. The average Bonchev–Trinajstić information content (AvgIpc) is 3.00. The first-order chi connectivity index (χ1) is 20.5. The number of allylic oxidation sites excluding steroid dienone is 4. The molecule has 3 fully saturated rings. The normalized spacial score (nSPS) is 29.7. The summed E-state index contributed by atoms with van der Waals surface area (Å²) in [7, 11) is 1.66. The molecule has 3 saturated heterocycles. The van der Waals surface area contributed by atoms with Gasteiger partial charge in [-0.15, -0.1) is 0 Å². The molecule has 3 aliphatic heterocycles. The van der Waals surface area contributed by atoms with Crippen LogP contribution in [0.2, 0.25) is 0 Å². The number of halogens is 3. The summed E-state index contributed by atoms with van der Waals surface area (Å²) in [5, 5.41) is 6.73. The van der Waals surface area contributed by atoms with Gasteiger partial charge in [-0.05, 0) is 57.9 Å². The quantitative estimate of drug-likeness (QED) is 0.150. The molecule has 0 bridgehead atoms. The highest BCUT2D eigenvalue weighted by Gasteiger charge is 2.36. The van der Waals surface area contributed by atoms with Crippen LogP contribution < -0.4 is 16.4 Å². The van der Waals surface area contributed by atoms with Crippen molar-refractivity contribution in [3.63, 3.8) is 0 Å². The molecular weight excluding hydrogens is 563 g/mol. The first-order valence-electron chi connectivity index (χ1n) is 15.3. The number of nitrogens with zero attached hydrogens (tertiary/aromatic N) is 2. The monoisotopic (exact) mass is 609 g/mol. The lowest BCUT2D eigenvalue weighted by Crippen LogP contribution is -2.54. The number of amides is 1. The summed E-state index contributed by atoms with van der Waals surface area (Å²) in [6, 6.07) is 0.303. The third-order valence-corrected chi connectivity index (χ3v) is 8.63. The van der Waals surface area contributed by atoms with E-state index in [1.807, 2.05) is 0 Å². The molecule has 4 N–H and O–H groups in total. The van der Waals surface area contributed by atoms with Gasteiger partial charge in [-0.2, -0.15) is 13.2 Å². The number of carbonyl (C=O) groups is 1. The van der Waals surface area contributed by atoms with E-state index < -0.39 is 23.6 Å². The molecule has 1 unspecified atom stereocenters. The fraction of sp³-hybridized carbons (Fsp3) is 0.677. The number of methoxy groups -OCH3 is 1. The zero-order chi connectivity index (χ0) is 31.0. The number of rotatable bonds is 10. The van der Waals surface area contributed by atoms with Crippen LogP contribution in [0.25, 0.3) is 0 Å². The first-order valence-corrected chi connectivity index (χ1v) is 15.3. The van der Waals surface area contributed by atoms with Gasteiger partial charge in [0.2, 0.25) is 5.84 Å². The topological polar surface area (TPSA) is 110 Å². The number of amidine groups is 1. The van der Waals surface area contributed by atoms with Gasteiger partial charge >= 0.3 is 6.18 Å². The molecule has 4 rings (SSSR count). The van der Waals surface area contributed by atoms with E-state index in [0.717, 1.165) is 32.1 Å². The number of likely N-dealkylation sites (tertiary alicyclic amines) is 1. The molecule has 0 aromatic carbocycles. The summed E-state index contributed by atoms with van der Waals surface area (Å²) in [5.41, 5.74) is 6.35. The summed E-state index contributed by atoms with van der Waals surface area (Å²) in [6.07, 6.45) is 8.86. The molecule has 43 heavy (non-hydrogen) atoms. The minimum Gasteiger partial charge on any atom is -0.383 e. The van der Waals surface area contributed by atoms with Crippen molar-refractivity contribution in [2.24, 2.45) is 16.6 Å². The Labute approximate surface area is 252 Å². The molecule has 4 aliphatic rings. The molecule has 240 valence electrons. The number of hydrogen-bond donors (Lipinski definition) is 3. The van der Waals surface area contributed by atoms with Gasteiger partial charge in [0.15, 0.2) is 0 Å². The Bertz CT molecular complexity index is 1100. The highest BCUT2D eigenvalue weighted by atomic mass is 19.4. The largest absolute Gasteiger partial charge is 0.448 e. The van der Waals surface area contributed by atoms with Crippen molar-refractivity contribution in [1.29, 1.82) is 0 Å². The van der Waals surface area contributed by atoms with Gasteiger partial charge in [0.05, 0.1) is 24.9 Å². The third-order valence-electron chi connectivity index (χ3n) is 8.63. The summed E-state index contributed by atoms with van der Waals surface area (Å²) in [5.74, 6) is -1.86. The first kappa shape index (κ1) is 33.2. The van der Waals surface area contributed by atoms with E-state index in [1.54, 1.807) is 7.11 Å². The third kappa shape index (κ3) is 9.66. The molecule has 5 atom stereocenters. The van der Waals surface area contributed by atoms with E-state index in [9.17, 15) is 18.0 Å². The molecule has 1 amide bonds. The lowest BCUT2D eigenvalue weighted by atomic mass is 9.87. The van der Waals surface area contributed by atoms with Crippen molar-refractivity contribution >= 4 is 11.7 Å². The van der Waals surface area contributed by atoms with E-state index in [2.05, 4.69) is 47.4 Å². The van der Waals surface area contributed by atoms with Crippen LogP contribution in [0, 0.1) is 5.92 Å². The van der Waals surface area contributed by atoms with Gasteiger partial charge in [-0.3, -0.25) is 4.79 Å². The Morgan fingerprint density at radius 1 is 1.26 bits per heavy atom. The Balaban J connectivity index is 1.34. The molecule has 0 spiro atoms. The Morgan fingerprint density at radius 2 is 2.02 bits per heavy atom. The predicted octanol–water partition coefficient (Wildman–Crippen LogP) is 3.74. The highest BCUT2D eigenvalue weighted by Crippen LogP contribution is 2.30. The summed E-state index contributed by atoms with van der Waals surface area (Å²) < 4.78 is 57.2. The summed E-state index contributed by atoms with van der Waals surface area (Å²) >= 11 is 0. The van der Waals surface area contributed by atoms with Crippen LogP contribution in [-0.4, -0.2) is 93.2 Å². The maximum absolute atomic E-state index is 13.4. The van der Waals surface area contributed by atoms with Crippen molar-refractivity contribution in [2.75, 3.05) is 40.0 Å². The smallest absolute Gasteiger partial charge is 0.383 e. The van der Waals surface area contributed by atoms with Gasteiger partial charge in [-0.25, -0.2) is 4.99 Å². The molecule has 0 radical (unpaired) electrons. The molecule has 0 saturated carbocycles. The number of piperidine rings is 1. The second-order valence-corrected chi connectivity index (χ2v) is 11.8. The fourth-order valence-corrected chi connectivity index (χ4v) is 6.06. The second-order valence-electron chi connectivity index (χ2n) is 11.8. The Morgan fingerprint density at radius 3 is 2.70 bits per heavy atom. The molecule has 1 aliphatic carbocycles. The van der Waals surface area contributed by atoms with E-state index in [-0.39, 0.29) is 36.1 Å². The van der Waals surface area contributed by atoms with E-state index in [1.165, 1.54) is 16.5 Å². The van der Waals surface area contributed by atoms with Crippen LogP contribution in [0.4, 0.5) is 13.2 Å². The molecule has 0 aromatic rings. The highest BCUT2D eigenvalue weighted by molar-refractivity contribution is 5.98. The van der Waals surface area contributed by atoms with Crippen molar-refractivity contribution in [2.45, 2.75) is 88.4 Å². The summed E-state index contributed by atoms with van der Waals surface area (Å²) in [4.78, 5) is 18.4. The number of alkyl halides is 3. The van der Waals surface area contributed by atoms with Crippen LogP contribution in [0.15, 0.2) is 52.8 Å². The number of aliphatic imine (C=N–C) groups is 1. The predicted molar refractivity (Wildman–Crippen MR) is 159 cm³/mol. The van der Waals surface area contributed by atoms with Crippen molar-refractivity contribution < 1.29 is 32.2 Å². The van der Waals surface area contributed by atoms with Gasteiger partial charge in [0.1, 0.15) is 5.70 Å². The van der Waals surface area contributed by atoms with E-state index in [4.69, 9.17) is 19.9 Å². The fourth-order valence-electron chi connectivity index (χ4n) is 6.06. The summed E-state index contributed by atoms with van der Waals surface area (Å²) in [6.45, 7) is 8.36. The molecular formula is C31H46F3N5O4. The number of carbonyl (C=O) groups excluding carboxylic acids is 1. The number of ether oxygens (including phenoxy) is 3. The maximum Gasteiger partial charge on any atom is 0.448 e. The minimum atomic E-state index is -4.86. The van der Waals surface area contributed by atoms with Gasteiger partial charge in [0, 0.05) is 57.0 Å². The Hall–Kier alpha value is -2.67. The van der Waals surface area contributed by atoms with Crippen molar-refractivity contribution in [3.05, 3.63) is 47.9 Å². The molecule has 3 heterocycles. The van der Waals surface area contributed by atoms with Crippen LogP contribution >= 0.6 is 0 Å². The van der Waals surface area contributed by atoms with Crippen LogP contribution in [-0.2, 0) is 19.0 Å². The lowest BCUT2D eigenvalue weighted by molar-refractivity contribution is -0.128. The molecule has 0 aromatic heterocycles. The molecule has 12 heteroatoms. The van der Waals surface area contributed by atoms with Gasteiger partial charge < -0.3 is 35.5 Å². The van der Waals surface area contributed by atoms with E-state index in [0.29, 0.717) is 51.6 Å². The number of nitrogens with one attached hydrogen (secondary N) is 2. The SMILES string of the molecule is C=C(/C=C(\N=C(N)C(F)(F)F)C(=O)N1CCC(N[C@H]2CCOC[C@H]2OC)CC1)NC[C@H]1CCC[C@@H](C2C=CC(C)=CC2)O1. The Kier molecular flexibility index (Phi) is 11.9. The van der Waals surface area contributed by atoms with Gasteiger partial charge in [-0.1, -0.05) is 30.4 Å². The van der Waals surface area contributed by atoms with Gasteiger partial charge in [0.25, 0.3) is 5.91 Å². The van der Waals surface area contributed by atoms with E-state index >= 15 is 0 Å². The van der Waals surface area contributed by atoms with Crippen LogP contribution in [0.5, 0.6) is 0 Å². The zero-order valence-corrected chi connectivity index (χ0v) is 25.2. The number of nitrogens with two attached hydrogens (primary N) is 1.